The van der Waals surface area contributed by atoms with Crippen molar-refractivity contribution in [1.29, 1.82) is 5.26 Å². The van der Waals surface area contributed by atoms with E-state index < -0.39 is 24.2 Å². The first-order chi connectivity index (χ1) is 13.8. The Bertz CT molecular complexity index is 845. The number of aromatic nitrogens is 2. The van der Waals surface area contributed by atoms with Gasteiger partial charge < -0.3 is 5.32 Å². The van der Waals surface area contributed by atoms with E-state index in [-0.39, 0.29) is 18.9 Å². The molecule has 1 unspecified atom stereocenters. The third-order valence-electron chi connectivity index (χ3n) is 4.98. The number of hydrogen-bond acceptors (Lipinski definition) is 4. The monoisotopic (exact) mass is 420 g/mol. The van der Waals surface area contributed by atoms with Gasteiger partial charge in [0, 0.05) is 42.5 Å². The Morgan fingerprint density at radius 2 is 2.07 bits per heavy atom. The first kappa shape index (κ1) is 22.9. The van der Waals surface area contributed by atoms with Gasteiger partial charge in [-0.2, -0.15) is 10.4 Å². The van der Waals surface area contributed by atoms with Crippen molar-refractivity contribution < 1.29 is 13.6 Å². The second kappa shape index (κ2) is 10.4. The molecule has 0 radical (unpaired) electrons. The summed E-state index contributed by atoms with van der Waals surface area (Å²) in [5, 5.41) is 14.8. The van der Waals surface area contributed by atoms with E-state index in [2.05, 4.69) is 40.9 Å². The lowest BCUT2D eigenvalue weighted by Crippen LogP contribution is -2.41. The molecule has 8 heteroatoms. The fourth-order valence-corrected chi connectivity index (χ4v) is 3.64. The van der Waals surface area contributed by atoms with Gasteiger partial charge >= 0.3 is 0 Å². The van der Waals surface area contributed by atoms with Gasteiger partial charge in [-0.15, -0.1) is 11.8 Å². The van der Waals surface area contributed by atoms with Crippen molar-refractivity contribution in [1.82, 2.24) is 15.1 Å². The number of thioether (sulfide) groups is 1. The van der Waals surface area contributed by atoms with Crippen molar-refractivity contribution in [2.75, 3.05) is 12.8 Å². The van der Waals surface area contributed by atoms with E-state index in [0.717, 1.165) is 0 Å². The van der Waals surface area contributed by atoms with Crippen LogP contribution >= 0.6 is 11.8 Å². The van der Waals surface area contributed by atoms with Gasteiger partial charge in [-0.3, -0.25) is 9.48 Å². The zero-order valence-corrected chi connectivity index (χ0v) is 17.7. The number of amides is 1. The quantitative estimate of drug-likeness (QED) is 0.584. The van der Waals surface area contributed by atoms with Gasteiger partial charge in [-0.05, 0) is 36.3 Å². The number of carbonyl (C=O) groups excluding carboxylic acids is 1. The van der Waals surface area contributed by atoms with Crippen LogP contribution < -0.4 is 5.32 Å². The number of benzene rings is 1. The summed E-state index contributed by atoms with van der Waals surface area (Å²) in [5.74, 6) is -3.87. The molecule has 2 aromatic rings. The van der Waals surface area contributed by atoms with Crippen LogP contribution in [0.5, 0.6) is 0 Å². The minimum atomic E-state index is -2.73. The summed E-state index contributed by atoms with van der Waals surface area (Å²) in [5.41, 5.74) is 2.39. The minimum Gasteiger partial charge on any atom is -0.343 e. The van der Waals surface area contributed by atoms with E-state index in [0.29, 0.717) is 6.42 Å². The fourth-order valence-electron chi connectivity index (χ4n) is 3.23. The van der Waals surface area contributed by atoms with Crippen molar-refractivity contribution in [2.24, 2.45) is 18.9 Å². The SMILES string of the molecule is CC1CCC(F)(F)C[C@H]1C(=O)NCC#N.CSc1ccc(-c2cnn(C)c2)cc1. The van der Waals surface area contributed by atoms with Gasteiger partial charge in [-0.1, -0.05) is 19.1 Å². The Kier molecular flexibility index (Phi) is 8.21. The number of alkyl halides is 2. The lowest BCUT2D eigenvalue weighted by atomic mass is 9.78. The Labute approximate surface area is 174 Å². The summed E-state index contributed by atoms with van der Waals surface area (Å²) in [7, 11) is 1.93. The van der Waals surface area contributed by atoms with Crippen LogP contribution in [0, 0.1) is 23.2 Å². The van der Waals surface area contributed by atoms with Crippen LogP contribution in [0.1, 0.15) is 26.2 Å². The van der Waals surface area contributed by atoms with Gasteiger partial charge in [0.25, 0.3) is 0 Å². The molecular weight excluding hydrogens is 394 g/mol. The van der Waals surface area contributed by atoms with Crippen molar-refractivity contribution in [3.05, 3.63) is 36.7 Å². The van der Waals surface area contributed by atoms with E-state index in [1.165, 1.54) is 16.0 Å². The Morgan fingerprint density at radius 1 is 1.38 bits per heavy atom. The molecule has 0 aliphatic heterocycles. The summed E-state index contributed by atoms with van der Waals surface area (Å²) >= 11 is 1.76. The van der Waals surface area contributed by atoms with Crippen LogP contribution in [0.2, 0.25) is 0 Å². The van der Waals surface area contributed by atoms with Gasteiger partial charge in [0.1, 0.15) is 6.54 Å². The number of nitriles is 1. The van der Waals surface area contributed by atoms with Gasteiger partial charge in [0.05, 0.1) is 12.3 Å². The Balaban J connectivity index is 0.000000207. The van der Waals surface area contributed by atoms with Crippen LogP contribution in [0.25, 0.3) is 11.1 Å². The van der Waals surface area contributed by atoms with E-state index in [9.17, 15) is 13.6 Å². The molecule has 1 amide bonds. The molecule has 0 spiro atoms. The molecule has 156 valence electrons. The number of halogens is 2. The van der Waals surface area contributed by atoms with E-state index in [1.54, 1.807) is 24.8 Å². The van der Waals surface area contributed by atoms with Crippen LogP contribution in [-0.4, -0.2) is 34.4 Å². The second-order valence-electron chi connectivity index (χ2n) is 7.19. The third kappa shape index (κ3) is 6.86. The van der Waals surface area contributed by atoms with Crippen LogP contribution in [0.15, 0.2) is 41.6 Å². The summed E-state index contributed by atoms with van der Waals surface area (Å²) in [6.07, 6.45) is 5.81. The molecule has 1 fully saturated rings. The van der Waals surface area contributed by atoms with Crippen LogP contribution in [0.3, 0.4) is 0 Å². The maximum atomic E-state index is 13.1. The number of rotatable bonds is 4. The number of nitrogens with one attached hydrogen (secondary N) is 1. The molecule has 0 saturated heterocycles. The van der Waals surface area contributed by atoms with Gasteiger partial charge in [0.2, 0.25) is 11.8 Å². The highest BCUT2D eigenvalue weighted by atomic mass is 32.2. The third-order valence-corrected chi connectivity index (χ3v) is 5.72. The van der Waals surface area contributed by atoms with Crippen molar-refractivity contribution in [2.45, 2.75) is 37.0 Å². The molecule has 29 heavy (non-hydrogen) atoms. The van der Waals surface area contributed by atoms with E-state index in [1.807, 2.05) is 24.1 Å². The molecule has 1 aliphatic rings. The van der Waals surface area contributed by atoms with E-state index in [4.69, 9.17) is 5.26 Å². The highest BCUT2D eigenvalue weighted by molar-refractivity contribution is 7.98. The first-order valence-corrected chi connectivity index (χ1v) is 10.6. The molecule has 1 aromatic heterocycles. The van der Waals surface area contributed by atoms with Crippen molar-refractivity contribution in [3.63, 3.8) is 0 Å². The number of carbonyl (C=O) groups is 1. The molecule has 2 atom stereocenters. The maximum Gasteiger partial charge on any atom is 0.248 e. The van der Waals surface area contributed by atoms with E-state index >= 15 is 0 Å². The average Bonchev–Trinajstić information content (AvgIpc) is 3.15. The summed E-state index contributed by atoms with van der Waals surface area (Å²) < 4.78 is 27.9. The lowest BCUT2D eigenvalue weighted by molar-refractivity contribution is -0.135. The average molecular weight is 421 g/mol. The van der Waals surface area contributed by atoms with Gasteiger partial charge in [-0.25, -0.2) is 8.78 Å². The highest BCUT2D eigenvalue weighted by Gasteiger charge is 2.42. The molecule has 1 aliphatic carbocycles. The Hall–Kier alpha value is -2.40. The zero-order valence-electron chi connectivity index (χ0n) is 16.9. The first-order valence-electron chi connectivity index (χ1n) is 9.41. The maximum absolute atomic E-state index is 13.1. The van der Waals surface area contributed by atoms with Crippen LogP contribution in [-0.2, 0) is 11.8 Å². The molecule has 3 rings (SSSR count). The number of aryl methyl sites for hydroxylation is 1. The fraction of sp³-hybridized carbons (Fsp3) is 0.476. The molecule has 1 heterocycles. The predicted octanol–water partition coefficient (Wildman–Crippen LogP) is 4.51. The number of nitrogens with zero attached hydrogens (tertiary/aromatic N) is 3. The second-order valence-corrected chi connectivity index (χ2v) is 8.07. The highest BCUT2D eigenvalue weighted by Crippen LogP contribution is 2.39. The Morgan fingerprint density at radius 3 is 2.62 bits per heavy atom. The van der Waals surface area contributed by atoms with Crippen molar-refractivity contribution >= 4 is 17.7 Å². The topological polar surface area (TPSA) is 70.7 Å². The lowest BCUT2D eigenvalue weighted by Gasteiger charge is -2.32. The molecule has 1 aromatic carbocycles. The summed E-state index contributed by atoms with van der Waals surface area (Å²) in [6.45, 7) is 1.68. The normalized spacial score (nSPS) is 20.1. The zero-order chi connectivity index (χ0) is 21.4. The molecule has 1 saturated carbocycles. The number of hydrogen-bond donors (Lipinski definition) is 1. The van der Waals surface area contributed by atoms with Crippen LogP contribution in [0.4, 0.5) is 8.78 Å². The minimum absolute atomic E-state index is 0.0386. The standard InChI is InChI=1S/C11H12N2S.C10H14F2N2O/c1-13-8-10(7-12-13)9-3-5-11(14-2)6-4-9;1-7-2-3-10(11,12)6-8(7)9(15)14-5-4-13/h3-8H,1-2H3;7-8H,2-3,5-6H2,1H3,(H,14,15)/t;7?,8-/m.1/s1. The van der Waals surface area contributed by atoms with Crippen molar-refractivity contribution in [3.8, 4) is 17.2 Å². The molecule has 5 nitrogen and oxygen atoms in total. The summed E-state index contributed by atoms with van der Waals surface area (Å²) in [6, 6.07) is 10.3. The largest absolute Gasteiger partial charge is 0.343 e. The molecule has 0 bridgehead atoms. The predicted molar refractivity (Wildman–Crippen MR) is 110 cm³/mol. The molecule has 1 N–H and O–H groups in total. The molecular formula is C21H26F2N4OS. The smallest absolute Gasteiger partial charge is 0.248 e. The van der Waals surface area contributed by atoms with Gasteiger partial charge in [0.15, 0.2) is 0 Å². The summed E-state index contributed by atoms with van der Waals surface area (Å²) in [4.78, 5) is 12.7.